The van der Waals surface area contributed by atoms with Gasteiger partial charge >= 0.3 is 6.18 Å². The first-order valence-electron chi connectivity index (χ1n) is 5.16. The minimum absolute atomic E-state index is 0.00290. The molecule has 0 atom stereocenters. The predicted octanol–water partition coefficient (Wildman–Crippen LogP) is 2.84. The van der Waals surface area contributed by atoms with E-state index in [2.05, 4.69) is 0 Å². The Labute approximate surface area is 107 Å². The van der Waals surface area contributed by atoms with Crippen LogP contribution in [0.15, 0.2) is 18.2 Å². The van der Waals surface area contributed by atoms with Crippen molar-refractivity contribution in [3.8, 4) is 0 Å². The summed E-state index contributed by atoms with van der Waals surface area (Å²) >= 11 is 5.73. The van der Waals surface area contributed by atoms with Crippen LogP contribution in [-0.4, -0.2) is 35.9 Å². The Kier molecular flexibility index (Phi) is 5.37. The van der Waals surface area contributed by atoms with Gasteiger partial charge < -0.3 is 5.11 Å². The zero-order valence-corrected chi connectivity index (χ0v) is 10.1. The van der Waals surface area contributed by atoms with Crippen LogP contribution in [0, 0.1) is 5.82 Å². The van der Waals surface area contributed by atoms with E-state index in [0.29, 0.717) is 0 Å². The number of aliphatic hydroxyl groups is 1. The van der Waals surface area contributed by atoms with Crippen molar-refractivity contribution in [1.29, 1.82) is 0 Å². The minimum atomic E-state index is -4.41. The van der Waals surface area contributed by atoms with Crippen LogP contribution in [-0.2, 0) is 6.54 Å². The van der Waals surface area contributed by atoms with E-state index < -0.39 is 25.1 Å². The Balaban J connectivity index is 2.83. The van der Waals surface area contributed by atoms with E-state index in [0.717, 1.165) is 11.0 Å². The Morgan fingerprint density at radius 2 is 1.94 bits per heavy atom. The molecule has 1 N–H and O–H groups in total. The van der Waals surface area contributed by atoms with Crippen molar-refractivity contribution < 1.29 is 22.7 Å². The molecule has 18 heavy (non-hydrogen) atoms. The number of hydrogen-bond donors (Lipinski definition) is 1. The number of nitrogens with zero attached hydrogens (tertiary/aromatic N) is 1. The second-order valence-corrected chi connectivity index (χ2v) is 4.16. The lowest BCUT2D eigenvalue weighted by Crippen LogP contribution is -2.36. The van der Waals surface area contributed by atoms with Gasteiger partial charge in [0.15, 0.2) is 0 Å². The molecule has 0 radical (unpaired) electrons. The summed E-state index contributed by atoms with van der Waals surface area (Å²) in [7, 11) is 0. The lowest BCUT2D eigenvalue weighted by molar-refractivity contribution is -0.148. The number of hydrogen-bond acceptors (Lipinski definition) is 2. The van der Waals surface area contributed by atoms with E-state index in [1.165, 1.54) is 12.1 Å². The van der Waals surface area contributed by atoms with Crippen LogP contribution < -0.4 is 0 Å². The molecule has 0 saturated carbocycles. The highest BCUT2D eigenvalue weighted by atomic mass is 35.5. The van der Waals surface area contributed by atoms with Gasteiger partial charge in [0.25, 0.3) is 0 Å². The van der Waals surface area contributed by atoms with E-state index in [1.807, 2.05) is 0 Å². The Hall–Kier alpha value is -0.850. The second-order valence-electron chi connectivity index (χ2n) is 3.75. The lowest BCUT2D eigenvalue weighted by Gasteiger charge is -2.23. The van der Waals surface area contributed by atoms with Crippen LogP contribution in [0.25, 0.3) is 0 Å². The maximum Gasteiger partial charge on any atom is 0.401 e. The Morgan fingerprint density at radius 3 is 2.44 bits per heavy atom. The number of alkyl halides is 3. The van der Waals surface area contributed by atoms with Gasteiger partial charge in [0.2, 0.25) is 0 Å². The fourth-order valence-electron chi connectivity index (χ4n) is 1.52. The highest BCUT2D eigenvalue weighted by Gasteiger charge is 2.31. The Morgan fingerprint density at radius 1 is 1.28 bits per heavy atom. The van der Waals surface area contributed by atoms with Gasteiger partial charge in [-0.3, -0.25) is 4.90 Å². The van der Waals surface area contributed by atoms with Crippen molar-refractivity contribution in [1.82, 2.24) is 4.90 Å². The van der Waals surface area contributed by atoms with Crippen LogP contribution in [0.4, 0.5) is 17.6 Å². The maximum atomic E-state index is 13.4. The summed E-state index contributed by atoms with van der Waals surface area (Å²) in [4.78, 5) is 0.893. The number of benzene rings is 1. The minimum Gasteiger partial charge on any atom is -0.395 e. The molecule has 0 amide bonds. The number of aliphatic hydroxyl groups excluding tert-OH is 1. The van der Waals surface area contributed by atoms with E-state index in [9.17, 15) is 17.6 Å². The molecule has 2 nitrogen and oxygen atoms in total. The molecular formula is C11H12ClF4NO. The normalized spacial score (nSPS) is 12.2. The van der Waals surface area contributed by atoms with Crippen molar-refractivity contribution in [2.24, 2.45) is 0 Å². The standard InChI is InChI=1S/C11H12ClF4NO/c12-9-2-1-3-10(13)8(9)6-17(4-5-18)7-11(14,15)16/h1-3,18H,4-7H2. The van der Waals surface area contributed by atoms with E-state index >= 15 is 0 Å². The van der Waals surface area contributed by atoms with Crippen LogP contribution in [0.5, 0.6) is 0 Å². The Bertz CT molecular complexity index is 377. The molecule has 0 aliphatic heterocycles. The highest BCUT2D eigenvalue weighted by molar-refractivity contribution is 6.31. The number of rotatable bonds is 5. The summed E-state index contributed by atoms with van der Waals surface area (Å²) in [6.07, 6.45) is -4.41. The van der Waals surface area contributed by atoms with Gasteiger partial charge in [0, 0.05) is 23.7 Å². The summed E-state index contributed by atoms with van der Waals surface area (Å²) in [5.74, 6) is -0.660. The van der Waals surface area contributed by atoms with E-state index in [4.69, 9.17) is 16.7 Å². The molecule has 0 aromatic heterocycles. The molecule has 0 aliphatic carbocycles. The monoisotopic (exact) mass is 285 g/mol. The fourth-order valence-corrected chi connectivity index (χ4v) is 1.74. The topological polar surface area (TPSA) is 23.5 Å². The molecule has 7 heteroatoms. The predicted molar refractivity (Wildman–Crippen MR) is 59.8 cm³/mol. The quantitative estimate of drug-likeness (QED) is 0.841. The van der Waals surface area contributed by atoms with Gasteiger partial charge in [-0.1, -0.05) is 17.7 Å². The molecule has 0 heterocycles. The van der Waals surface area contributed by atoms with Crippen molar-refractivity contribution in [2.45, 2.75) is 12.7 Å². The lowest BCUT2D eigenvalue weighted by atomic mass is 10.2. The second kappa shape index (κ2) is 6.36. The summed E-state index contributed by atoms with van der Waals surface area (Å²) in [6, 6.07) is 3.91. The average molecular weight is 286 g/mol. The molecule has 0 unspecified atom stereocenters. The third-order valence-corrected chi connectivity index (χ3v) is 2.62. The molecule has 0 aliphatic rings. The summed E-state index contributed by atoms with van der Waals surface area (Å²) in [5.41, 5.74) is -0.00290. The average Bonchev–Trinajstić information content (AvgIpc) is 2.21. The van der Waals surface area contributed by atoms with Gasteiger partial charge in [0.1, 0.15) is 5.82 Å². The van der Waals surface area contributed by atoms with Gasteiger partial charge in [-0.2, -0.15) is 13.2 Å². The zero-order valence-electron chi connectivity index (χ0n) is 9.34. The molecule has 0 bridgehead atoms. The molecule has 0 saturated heterocycles. The summed E-state index contributed by atoms with van der Waals surface area (Å²) in [6.45, 7) is -2.17. The first-order valence-corrected chi connectivity index (χ1v) is 5.54. The SMILES string of the molecule is OCCN(Cc1c(F)cccc1Cl)CC(F)(F)F. The third-order valence-electron chi connectivity index (χ3n) is 2.26. The molecule has 1 rings (SSSR count). The first kappa shape index (κ1) is 15.2. The van der Waals surface area contributed by atoms with Crippen molar-refractivity contribution in [3.63, 3.8) is 0 Å². The van der Waals surface area contributed by atoms with Gasteiger partial charge in [-0.15, -0.1) is 0 Å². The summed E-state index contributed by atoms with van der Waals surface area (Å²) in [5, 5.41) is 8.78. The molecule has 0 fully saturated rings. The highest BCUT2D eigenvalue weighted by Crippen LogP contribution is 2.23. The summed E-state index contributed by atoms with van der Waals surface area (Å²) < 4.78 is 50.3. The van der Waals surface area contributed by atoms with Crippen LogP contribution in [0.2, 0.25) is 5.02 Å². The van der Waals surface area contributed by atoms with Crippen LogP contribution in [0.3, 0.4) is 0 Å². The molecule has 0 spiro atoms. The molecule has 1 aromatic rings. The third kappa shape index (κ3) is 4.80. The fraction of sp³-hybridized carbons (Fsp3) is 0.455. The largest absolute Gasteiger partial charge is 0.401 e. The molecule has 102 valence electrons. The van der Waals surface area contributed by atoms with E-state index in [1.54, 1.807) is 0 Å². The first-order chi connectivity index (χ1) is 8.33. The van der Waals surface area contributed by atoms with E-state index in [-0.39, 0.29) is 23.7 Å². The van der Waals surface area contributed by atoms with Crippen LogP contribution in [0.1, 0.15) is 5.56 Å². The van der Waals surface area contributed by atoms with Crippen LogP contribution >= 0.6 is 11.6 Å². The molecular weight excluding hydrogens is 274 g/mol. The molecule has 1 aromatic carbocycles. The smallest absolute Gasteiger partial charge is 0.395 e. The van der Waals surface area contributed by atoms with Gasteiger partial charge in [-0.05, 0) is 12.1 Å². The maximum absolute atomic E-state index is 13.4. The van der Waals surface area contributed by atoms with Gasteiger partial charge in [-0.25, -0.2) is 4.39 Å². The van der Waals surface area contributed by atoms with Gasteiger partial charge in [0.05, 0.1) is 13.2 Å². The van der Waals surface area contributed by atoms with Crippen molar-refractivity contribution >= 4 is 11.6 Å². The number of halogens is 5. The zero-order chi connectivity index (χ0) is 13.8. The van der Waals surface area contributed by atoms with Crippen molar-refractivity contribution in [2.75, 3.05) is 19.7 Å². The van der Waals surface area contributed by atoms with Crippen molar-refractivity contribution in [3.05, 3.63) is 34.6 Å².